The van der Waals surface area contributed by atoms with Crippen molar-refractivity contribution in [2.45, 2.75) is 0 Å². The van der Waals surface area contributed by atoms with Crippen LogP contribution in [0.1, 0.15) is 5.56 Å². The second-order valence-corrected chi connectivity index (χ2v) is 3.60. The van der Waals surface area contributed by atoms with Gasteiger partial charge in [-0.25, -0.2) is 0 Å². The highest BCUT2D eigenvalue weighted by molar-refractivity contribution is 5.65. The van der Waals surface area contributed by atoms with Gasteiger partial charge in [-0.1, -0.05) is 0 Å². The number of nitrogens with one attached hydrogen (secondary N) is 1. The Labute approximate surface area is 103 Å². The maximum atomic E-state index is 8.95. The first kappa shape index (κ1) is 10.4. The van der Waals surface area contributed by atoms with Gasteiger partial charge < -0.3 is 14.8 Å². The predicted octanol–water partition coefficient (Wildman–Crippen LogP) is 1.82. The lowest BCUT2D eigenvalue weighted by Crippen LogP contribution is -1.98. The SMILES string of the molecule is N#Cc1ccnnc1Nc1ccc2c(c1)OCO2. The molecule has 0 fully saturated rings. The third-order valence-corrected chi connectivity index (χ3v) is 2.48. The van der Waals surface area contributed by atoms with Gasteiger partial charge in [0.1, 0.15) is 6.07 Å². The van der Waals surface area contributed by atoms with E-state index in [1.807, 2.05) is 12.1 Å². The number of aromatic nitrogens is 2. The molecule has 1 aliphatic heterocycles. The minimum Gasteiger partial charge on any atom is -0.454 e. The summed E-state index contributed by atoms with van der Waals surface area (Å²) in [5, 5.41) is 19.6. The minimum atomic E-state index is 0.230. The zero-order valence-corrected chi connectivity index (χ0v) is 9.25. The molecule has 2 heterocycles. The molecule has 6 heteroatoms. The van der Waals surface area contributed by atoms with Gasteiger partial charge in [-0.15, -0.1) is 5.10 Å². The van der Waals surface area contributed by atoms with Crippen LogP contribution in [0, 0.1) is 11.3 Å². The van der Waals surface area contributed by atoms with Gasteiger partial charge in [0.15, 0.2) is 17.3 Å². The Morgan fingerprint density at radius 1 is 1.22 bits per heavy atom. The number of nitriles is 1. The minimum absolute atomic E-state index is 0.230. The van der Waals surface area contributed by atoms with Gasteiger partial charge in [-0.3, -0.25) is 0 Å². The highest BCUT2D eigenvalue weighted by atomic mass is 16.7. The summed E-state index contributed by atoms with van der Waals surface area (Å²) in [5.41, 5.74) is 1.19. The van der Waals surface area contributed by atoms with Gasteiger partial charge in [-0.05, 0) is 18.2 Å². The molecule has 2 aromatic rings. The fourth-order valence-electron chi connectivity index (χ4n) is 1.63. The molecule has 0 spiro atoms. The number of hydrogen-bond acceptors (Lipinski definition) is 6. The van der Waals surface area contributed by atoms with Crippen molar-refractivity contribution in [2.24, 2.45) is 0 Å². The molecule has 0 amide bonds. The smallest absolute Gasteiger partial charge is 0.231 e. The number of benzene rings is 1. The molecule has 1 aliphatic rings. The van der Waals surface area contributed by atoms with Crippen LogP contribution in [0.5, 0.6) is 11.5 Å². The summed E-state index contributed by atoms with van der Waals surface area (Å²) >= 11 is 0. The van der Waals surface area contributed by atoms with Crippen molar-refractivity contribution in [3.8, 4) is 17.6 Å². The Hall–Kier alpha value is -2.81. The van der Waals surface area contributed by atoms with E-state index in [9.17, 15) is 0 Å². The van der Waals surface area contributed by atoms with Crippen LogP contribution in [-0.4, -0.2) is 17.0 Å². The molecule has 0 atom stereocenters. The molecule has 0 aliphatic carbocycles. The Bertz CT molecular complexity index is 636. The van der Waals surface area contributed by atoms with Crippen molar-refractivity contribution in [1.82, 2.24) is 10.2 Å². The van der Waals surface area contributed by atoms with Crippen molar-refractivity contribution in [1.29, 1.82) is 5.26 Å². The predicted molar refractivity (Wildman–Crippen MR) is 62.6 cm³/mol. The molecule has 18 heavy (non-hydrogen) atoms. The number of fused-ring (bicyclic) bond motifs is 1. The summed E-state index contributed by atoms with van der Waals surface area (Å²) in [6, 6.07) is 9.06. The second kappa shape index (κ2) is 4.22. The molecule has 1 N–H and O–H groups in total. The highest BCUT2D eigenvalue weighted by Crippen LogP contribution is 2.35. The molecule has 3 rings (SSSR count). The molecule has 0 bridgehead atoms. The molecular weight excluding hydrogens is 232 g/mol. The Balaban J connectivity index is 1.91. The maximum Gasteiger partial charge on any atom is 0.231 e. The zero-order chi connectivity index (χ0) is 12.4. The third kappa shape index (κ3) is 1.78. The Kier molecular flexibility index (Phi) is 2.43. The van der Waals surface area contributed by atoms with Crippen molar-refractivity contribution < 1.29 is 9.47 Å². The summed E-state index contributed by atoms with van der Waals surface area (Å²) in [6.45, 7) is 0.230. The first-order chi connectivity index (χ1) is 8.86. The van der Waals surface area contributed by atoms with Crippen molar-refractivity contribution in [3.63, 3.8) is 0 Å². The van der Waals surface area contributed by atoms with Crippen molar-refractivity contribution in [3.05, 3.63) is 36.0 Å². The topological polar surface area (TPSA) is 80.1 Å². The lowest BCUT2D eigenvalue weighted by molar-refractivity contribution is 0.174. The molecule has 0 unspecified atom stereocenters. The van der Waals surface area contributed by atoms with E-state index in [2.05, 4.69) is 15.5 Å². The normalized spacial score (nSPS) is 11.9. The molecule has 0 radical (unpaired) electrons. The second-order valence-electron chi connectivity index (χ2n) is 3.60. The van der Waals surface area contributed by atoms with Crippen LogP contribution in [0.2, 0.25) is 0 Å². The van der Waals surface area contributed by atoms with E-state index in [0.29, 0.717) is 22.9 Å². The van der Waals surface area contributed by atoms with Gasteiger partial charge >= 0.3 is 0 Å². The maximum absolute atomic E-state index is 8.95. The molecule has 6 nitrogen and oxygen atoms in total. The van der Waals surface area contributed by atoms with Crippen LogP contribution >= 0.6 is 0 Å². The van der Waals surface area contributed by atoms with Crippen LogP contribution in [0.15, 0.2) is 30.5 Å². The van der Waals surface area contributed by atoms with Gasteiger partial charge in [0.2, 0.25) is 6.79 Å². The zero-order valence-electron chi connectivity index (χ0n) is 9.25. The van der Waals surface area contributed by atoms with Crippen LogP contribution < -0.4 is 14.8 Å². The summed E-state index contributed by atoms with van der Waals surface area (Å²) in [6.07, 6.45) is 1.48. The molecule has 88 valence electrons. The van der Waals surface area contributed by atoms with Gasteiger partial charge in [-0.2, -0.15) is 10.4 Å². The first-order valence-corrected chi connectivity index (χ1v) is 5.25. The lowest BCUT2D eigenvalue weighted by Gasteiger charge is -2.06. The number of anilines is 2. The highest BCUT2D eigenvalue weighted by Gasteiger charge is 2.14. The summed E-state index contributed by atoms with van der Waals surface area (Å²) < 4.78 is 10.5. The molecule has 1 aromatic heterocycles. The lowest BCUT2D eigenvalue weighted by atomic mass is 10.2. The monoisotopic (exact) mass is 240 g/mol. The average molecular weight is 240 g/mol. The van der Waals surface area contributed by atoms with Crippen LogP contribution in [0.3, 0.4) is 0 Å². The number of ether oxygens (including phenoxy) is 2. The van der Waals surface area contributed by atoms with Gasteiger partial charge in [0.05, 0.1) is 11.8 Å². The average Bonchev–Trinajstić information content (AvgIpc) is 2.87. The van der Waals surface area contributed by atoms with Crippen molar-refractivity contribution >= 4 is 11.5 Å². The summed E-state index contributed by atoms with van der Waals surface area (Å²) in [7, 11) is 0. The van der Waals surface area contributed by atoms with Crippen LogP contribution in [-0.2, 0) is 0 Å². The van der Waals surface area contributed by atoms with E-state index in [-0.39, 0.29) is 6.79 Å². The van der Waals surface area contributed by atoms with E-state index in [1.54, 1.807) is 18.2 Å². The van der Waals surface area contributed by atoms with Gasteiger partial charge in [0.25, 0.3) is 0 Å². The largest absolute Gasteiger partial charge is 0.454 e. The number of hydrogen-bond donors (Lipinski definition) is 1. The van der Waals surface area contributed by atoms with Gasteiger partial charge in [0, 0.05) is 11.8 Å². The van der Waals surface area contributed by atoms with Crippen LogP contribution in [0.25, 0.3) is 0 Å². The molecular formula is C12H8N4O2. The van der Waals surface area contributed by atoms with E-state index in [1.165, 1.54) is 6.20 Å². The molecule has 0 saturated carbocycles. The number of rotatable bonds is 2. The standard InChI is InChI=1S/C12H8N4O2/c13-6-8-3-4-14-16-12(8)15-9-1-2-10-11(5-9)18-7-17-10/h1-5H,7H2,(H,15,16). The quantitative estimate of drug-likeness (QED) is 0.862. The summed E-state index contributed by atoms with van der Waals surface area (Å²) in [4.78, 5) is 0. The van der Waals surface area contributed by atoms with Crippen LogP contribution in [0.4, 0.5) is 11.5 Å². The van der Waals surface area contributed by atoms with E-state index in [0.717, 1.165) is 5.69 Å². The fraction of sp³-hybridized carbons (Fsp3) is 0.0833. The van der Waals surface area contributed by atoms with E-state index < -0.39 is 0 Å². The van der Waals surface area contributed by atoms with E-state index >= 15 is 0 Å². The van der Waals surface area contributed by atoms with Crippen molar-refractivity contribution in [2.75, 3.05) is 12.1 Å². The Morgan fingerprint density at radius 2 is 2.11 bits per heavy atom. The summed E-state index contributed by atoms with van der Waals surface area (Å²) in [5.74, 6) is 1.79. The number of nitrogens with zero attached hydrogens (tertiary/aromatic N) is 3. The Morgan fingerprint density at radius 3 is 3.00 bits per heavy atom. The third-order valence-electron chi connectivity index (χ3n) is 2.48. The molecule has 1 aromatic carbocycles. The first-order valence-electron chi connectivity index (χ1n) is 5.25. The fourth-order valence-corrected chi connectivity index (χ4v) is 1.63. The van der Waals surface area contributed by atoms with E-state index in [4.69, 9.17) is 14.7 Å². The molecule has 0 saturated heterocycles.